The van der Waals surface area contributed by atoms with Gasteiger partial charge in [0, 0.05) is 30.3 Å². The summed E-state index contributed by atoms with van der Waals surface area (Å²) in [6.07, 6.45) is 9.05. The summed E-state index contributed by atoms with van der Waals surface area (Å²) >= 11 is 0. The topological polar surface area (TPSA) is 43.6 Å². The number of benzene rings is 3. The van der Waals surface area contributed by atoms with Crippen molar-refractivity contribution in [3.05, 3.63) is 77.5 Å². The van der Waals surface area contributed by atoms with Gasteiger partial charge in [-0.1, -0.05) is 56.5 Å². The first kappa shape index (κ1) is 23.7. The fourth-order valence-electron chi connectivity index (χ4n) is 5.76. The lowest BCUT2D eigenvalue weighted by Crippen LogP contribution is -2.41. The lowest BCUT2D eigenvalue weighted by Gasteiger charge is -2.22. The number of aromatic nitrogens is 1. The standard InChI is InChI=1S/C32H34N2O3/c1-3-4-5-9-15-33-31-27-20-34-16-14-23-18-29-30(37-21-36-29)19-25(23)32(34)26(17-22-10-7-6-8-11-22)24(27)12-13-28(31)35-2/h6-8,10-13,18-20H,3-5,9,14-17,21H2,1-2H3/p+1. The average Bonchev–Trinajstić information content (AvgIpc) is 3.39. The van der Waals surface area contributed by atoms with Crippen molar-refractivity contribution in [1.82, 2.24) is 0 Å². The van der Waals surface area contributed by atoms with Crippen molar-refractivity contribution in [2.24, 2.45) is 0 Å². The monoisotopic (exact) mass is 495 g/mol. The Hall–Kier alpha value is -3.73. The number of hydrogen-bond acceptors (Lipinski definition) is 4. The molecule has 5 nitrogen and oxygen atoms in total. The van der Waals surface area contributed by atoms with Crippen LogP contribution in [-0.2, 0) is 19.4 Å². The highest BCUT2D eigenvalue weighted by Gasteiger charge is 2.32. The molecule has 2 aliphatic heterocycles. The van der Waals surface area contributed by atoms with Crippen molar-refractivity contribution in [2.75, 3.05) is 25.8 Å². The van der Waals surface area contributed by atoms with Crippen LogP contribution < -0.4 is 24.1 Å². The molecule has 0 saturated heterocycles. The van der Waals surface area contributed by atoms with Crippen LogP contribution in [0.4, 0.5) is 5.69 Å². The van der Waals surface area contributed by atoms with Crippen LogP contribution in [0.5, 0.6) is 17.2 Å². The molecular formula is C32H35N2O3+. The molecule has 0 fully saturated rings. The van der Waals surface area contributed by atoms with Crippen LogP contribution in [0.15, 0.2) is 60.8 Å². The van der Waals surface area contributed by atoms with Crippen LogP contribution in [-0.4, -0.2) is 20.4 Å². The Morgan fingerprint density at radius 1 is 0.946 bits per heavy atom. The Morgan fingerprint density at radius 3 is 2.59 bits per heavy atom. The molecule has 0 saturated carbocycles. The minimum atomic E-state index is 0.292. The molecule has 0 radical (unpaired) electrons. The number of ether oxygens (including phenoxy) is 3. The summed E-state index contributed by atoms with van der Waals surface area (Å²) < 4.78 is 19.8. The number of fused-ring (bicyclic) bond motifs is 5. The van der Waals surface area contributed by atoms with Gasteiger partial charge >= 0.3 is 0 Å². The number of hydrogen-bond donors (Lipinski definition) is 1. The third kappa shape index (κ3) is 4.48. The second kappa shape index (κ2) is 10.3. The molecule has 0 aliphatic carbocycles. The molecule has 0 amide bonds. The van der Waals surface area contributed by atoms with Crippen molar-refractivity contribution in [1.29, 1.82) is 0 Å². The van der Waals surface area contributed by atoms with Crippen LogP contribution >= 0.6 is 0 Å². The van der Waals surface area contributed by atoms with Crippen LogP contribution in [0.1, 0.15) is 49.3 Å². The first-order valence-electron chi connectivity index (χ1n) is 13.5. The summed E-state index contributed by atoms with van der Waals surface area (Å²) in [5.41, 5.74) is 7.57. The molecule has 1 aromatic heterocycles. The van der Waals surface area contributed by atoms with E-state index >= 15 is 0 Å². The van der Waals surface area contributed by atoms with Gasteiger partial charge in [0.25, 0.3) is 0 Å². The highest BCUT2D eigenvalue weighted by atomic mass is 16.7. The van der Waals surface area contributed by atoms with Crippen molar-refractivity contribution in [2.45, 2.75) is 52.0 Å². The number of rotatable bonds is 9. The Bertz CT molecular complexity index is 1430. The zero-order valence-corrected chi connectivity index (χ0v) is 21.8. The molecule has 190 valence electrons. The zero-order valence-electron chi connectivity index (χ0n) is 21.8. The van der Waals surface area contributed by atoms with Crippen LogP contribution in [0.25, 0.3) is 22.0 Å². The van der Waals surface area contributed by atoms with E-state index in [-0.39, 0.29) is 0 Å². The quantitative estimate of drug-likeness (QED) is 0.208. The summed E-state index contributed by atoms with van der Waals surface area (Å²) in [6, 6.07) is 19.5. The number of aryl methyl sites for hydroxylation is 2. The lowest BCUT2D eigenvalue weighted by molar-refractivity contribution is -0.686. The summed E-state index contributed by atoms with van der Waals surface area (Å²) in [4.78, 5) is 0. The van der Waals surface area contributed by atoms with E-state index in [0.29, 0.717) is 6.79 Å². The molecule has 1 N–H and O–H groups in total. The zero-order chi connectivity index (χ0) is 25.2. The van der Waals surface area contributed by atoms with Gasteiger partial charge in [-0.3, -0.25) is 0 Å². The molecule has 4 aromatic rings. The first-order chi connectivity index (χ1) is 18.3. The Balaban J connectivity index is 1.53. The molecule has 37 heavy (non-hydrogen) atoms. The Kier molecular flexibility index (Phi) is 6.60. The maximum atomic E-state index is 5.84. The van der Waals surface area contributed by atoms with E-state index in [1.54, 1.807) is 7.11 Å². The Morgan fingerprint density at radius 2 is 1.78 bits per heavy atom. The van der Waals surface area contributed by atoms with Gasteiger partial charge in [-0.25, -0.2) is 0 Å². The molecule has 3 heterocycles. The predicted molar refractivity (Wildman–Crippen MR) is 148 cm³/mol. The fourth-order valence-corrected chi connectivity index (χ4v) is 5.76. The molecule has 3 aromatic carbocycles. The number of pyridine rings is 1. The number of nitrogens with one attached hydrogen (secondary N) is 1. The van der Waals surface area contributed by atoms with E-state index in [2.05, 4.69) is 77.6 Å². The number of methoxy groups -OCH3 is 1. The molecule has 0 spiro atoms. The molecule has 5 heteroatoms. The van der Waals surface area contributed by atoms with Gasteiger partial charge in [0.2, 0.25) is 12.5 Å². The highest BCUT2D eigenvalue weighted by molar-refractivity contribution is 6.00. The highest BCUT2D eigenvalue weighted by Crippen LogP contribution is 2.43. The molecular weight excluding hydrogens is 460 g/mol. The van der Waals surface area contributed by atoms with Crippen molar-refractivity contribution in [3.63, 3.8) is 0 Å². The van der Waals surface area contributed by atoms with Crippen molar-refractivity contribution in [3.8, 4) is 28.5 Å². The molecule has 6 rings (SSSR count). The number of nitrogens with zero attached hydrogens (tertiary/aromatic N) is 1. The van der Waals surface area contributed by atoms with E-state index in [4.69, 9.17) is 14.2 Å². The normalized spacial score (nSPS) is 13.4. The summed E-state index contributed by atoms with van der Waals surface area (Å²) in [6.45, 7) is 4.41. The van der Waals surface area contributed by atoms with Crippen molar-refractivity contribution >= 4 is 16.5 Å². The van der Waals surface area contributed by atoms with E-state index in [9.17, 15) is 0 Å². The first-order valence-corrected chi connectivity index (χ1v) is 13.5. The molecule has 0 bridgehead atoms. The van der Waals surface area contributed by atoms with Crippen molar-refractivity contribution < 1.29 is 18.8 Å². The molecule has 0 unspecified atom stereocenters. The van der Waals surface area contributed by atoms with Gasteiger partial charge in [0.15, 0.2) is 24.2 Å². The van der Waals surface area contributed by atoms with Crippen LogP contribution in [0, 0.1) is 0 Å². The SMILES string of the molecule is CCCCCCNc1c(OC)ccc2c(Cc3ccccc3)c3[n+](cc12)CCc1cc2c(cc1-3)OCO2. The molecule has 2 aliphatic rings. The van der Waals surface area contributed by atoms with E-state index in [1.807, 2.05) is 0 Å². The second-order valence-electron chi connectivity index (χ2n) is 10.0. The maximum absolute atomic E-state index is 5.84. The molecule has 0 atom stereocenters. The Labute approximate surface area is 219 Å². The summed E-state index contributed by atoms with van der Waals surface area (Å²) in [5.74, 6) is 2.59. The summed E-state index contributed by atoms with van der Waals surface area (Å²) in [5, 5.41) is 6.22. The number of unbranched alkanes of at least 4 members (excludes halogenated alkanes) is 3. The van der Waals surface area contributed by atoms with E-state index in [0.717, 1.165) is 55.3 Å². The third-order valence-electron chi connectivity index (χ3n) is 7.64. The van der Waals surface area contributed by atoms with E-state index < -0.39 is 0 Å². The van der Waals surface area contributed by atoms with E-state index in [1.165, 1.54) is 58.0 Å². The smallest absolute Gasteiger partial charge is 0.231 e. The predicted octanol–water partition coefficient (Wildman–Crippen LogP) is 6.67. The minimum Gasteiger partial charge on any atom is -0.495 e. The minimum absolute atomic E-state index is 0.292. The van der Waals surface area contributed by atoms with Crippen LogP contribution in [0.2, 0.25) is 0 Å². The van der Waals surface area contributed by atoms with Gasteiger partial charge in [0.05, 0.1) is 23.7 Å². The van der Waals surface area contributed by atoms with Gasteiger partial charge in [-0.15, -0.1) is 0 Å². The maximum Gasteiger partial charge on any atom is 0.231 e. The number of anilines is 1. The average molecular weight is 496 g/mol. The van der Waals surface area contributed by atoms with Crippen LogP contribution in [0.3, 0.4) is 0 Å². The van der Waals surface area contributed by atoms with Gasteiger partial charge in [-0.2, -0.15) is 4.57 Å². The van der Waals surface area contributed by atoms with Gasteiger partial charge in [-0.05, 0) is 41.8 Å². The second-order valence-corrected chi connectivity index (χ2v) is 10.0. The van der Waals surface area contributed by atoms with Gasteiger partial charge in [0.1, 0.15) is 5.75 Å². The largest absolute Gasteiger partial charge is 0.495 e. The summed E-state index contributed by atoms with van der Waals surface area (Å²) in [7, 11) is 1.76. The third-order valence-corrected chi connectivity index (χ3v) is 7.64. The fraction of sp³-hybridized carbons (Fsp3) is 0.344. The van der Waals surface area contributed by atoms with Gasteiger partial charge < -0.3 is 19.5 Å². The lowest BCUT2D eigenvalue weighted by atomic mass is 9.88.